The van der Waals surface area contributed by atoms with E-state index >= 15 is 0 Å². The summed E-state index contributed by atoms with van der Waals surface area (Å²) >= 11 is 0. The van der Waals surface area contributed by atoms with Crippen LogP contribution in [0.3, 0.4) is 0 Å². The van der Waals surface area contributed by atoms with Crippen molar-refractivity contribution < 1.29 is 18.9 Å². The molecule has 20 heavy (non-hydrogen) atoms. The van der Waals surface area contributed by atoms with E-state index in [2.05, 4.69) is 13.8 Å². The lowest BCUT2D eigenvalue weighted by Gasteiger charge is -2.27. The van der Waals surface area contributed by atoms with E-state index in [1.54, 1.807) is 0 Å². The van der Waals surface area contributed by atoms with Crippen molar-refractivity contribution in [3.8, 4) is 0 Å². The Bertz CT molecular complexity index is 187. The van der Waals surface area contributed by atoms with Gasteiger partial charge >= 0.3 is 0 Å². The predicted octanol–water partition coefficient (Wildman–Crippen LogP) is 3.43. The van der Waals surface area contributed by atoms with Crippen LogP contribution in [0.15, 0.2) is 0 Å². The van der Waals surface area contributed by atoms with Crippen LogP contribution in [0.1, 0.15) is 53.4 Å². The largest absolute Gasteiger partial charge is 0.379 e. The van der Waals surface area contributed by atoms with Crippen LogP contribution in [0, 0.1) is 0 Å². The van der Waals surface area contributed by atoms with E-state index in [1.165, 1.54) is 0 Å². The van der Waals surface area contributed by atoms with Crippen molar-refractivity contribution in [2.24, 2.45) is 0 Å². The van der Waals surface area contributed by atoms with Crippen molar-refractivity contribution in [3.63, 3.8) is 0 Å². The molecule has 4 nitrogen and oxygen atoms in total. The minimum Gasteiger partial charge on any atom is -0.379 e. The molecule has 0 fully saturated rings. The Morgan fingerprint density at radius 2 is 1.25 bits per heavy atom. The molecule has 2 atom stereocenters. The van der Waals surface area contributed by atoms with Gasteiger partial charge in [0.25, 0.3) is 0 Å². The van der Waals surface area contributed by atoms with Gasteiger partial charge in [-0.25, -0.2) is 0 Å². The SMILES string of the molecule is CCCCOCC(OCCCC)C(COCC)OCC. The van der Waals surface area contributed by atoms with Crippen molar-refractivity contribution >= 4 is 0 Å². The Hall–Kier alpha value is -0.160. The van der Waals surface area contributed by atoms with Gasteiger partial charge in [-0.2, -0.15) is 0 Å². The maximum atomic E-state index is 5.94. The minimum absolute atomic E-state index is 0.0371. The highest BCUT2D eigenvalue weighted by molar-refractivity contribution is 4.71. The van der Waals surface area contributed by atoms with Gasteiger partial charge < -0.3 is 18.9 Å². The molecule has 0 saturated heterocycles. The second kappa shape index (κ2) is 15.2. The summed E-state index contributed by atoms with van der Waals surface area (Å²) in [6, 6.07) is 0. The molecule has 4 heteroatoms. The second-order valence-corrected chi connectivity index (χ2v) is 4.84. The Balaban J connectivity index is 4.24. The smallest absolute Gasteiger partial charge is 0.109 e. The molecule has 122 valence electrons. The summed E-state index contributed by atoms with van der Waals surface area (Å²) in [6.45, 7) is 12.4. The van der Waals surface area contributed by atoms with Crippen molar-refractivity contribution in [3.05, 3.63) is 0 Å². The standard InChI is InChI=1S/C16H34O4/c1-5-9-11-18-14-16(20-12-10-6-2)15(19-8-4)13-17-7-3/h15-16H,5-14H2,1-4H3. The number of hydrogen-bond donors (Lipinski definition) is 0. The first-order chi connectivity index (χ1) is 9.79. The summed E-state index contributed by atoms with van der Waals surface area (Å²) in [4.78, 5) is 0. The van der Waals surface area contributed by atoms with Gasteiger partial charge in [0.05, 0.1) is 13.2 Å². The summed E-state index contributed by atoms with van der Waals surface area (Å²) in [6.07, 6.45) is 4.36. The molecular formula is C16H34O4. The van der Waals surface area contributed by atoms with Gasteiger partial charge in [0.1, 0.15) is 12.2 Å². The molecular weight excluding hydrogens is 256 g/mol. The van der Waals surface area contributed by atoms with Crippen molar-refractivity contribution in [1.29, 1.82) is 0 Å². The van der Waals surface area contributed by atoms with Crippen molar-refractivity contribution in [1.82, 2.24) is 0 Å². The molecule has 0 radical (unpaired) electrons. The quantitative estimate of drug-likeness (QED) is 0.433. The molecule has 0 amide bonds. The summed E-state index contributed by atoms with van der Waals surface area (Å²) in [5.74, 6) is 0. The summed E-state index contributed by atoms with van der Waals surface area (Å²) < 4.78 is 22.9. The maximum Gasteiger partial charge on any atom is 0.109 e. The van der Waals surface area contributed by atoms with E-state index in [-0.39, 0.29) is 12.2 Å². The average molecular weight is 290 g/mol. The van der Waals surface area contributed by atoms with Crippen LogP contribution in [-0.4, -0.2) is 51.8 Å². The maximum absolute atomic E-state index is 5.94. The molecule has 0 aliphatic heterocycles. The van der Waals surface area contributed by atoms with Gasteiger partial charge in [-0.05, 0) is 26.7 Å². The summed E-state index contributed by atoms with van der Waals surface area (Å²) in [5.41, 5.74) is 0. The van der Waals surface area contributed by atoms with E-state index < -0.39 is 0 Å². The lowest BCUT2D eigenvalue weighted by molar-refractivity contribution is -0.124. The van der Waals surface area contributed by atoms with Crippen LogP contribution in [0.5, 0.6) is 0 Å². The molecule has 0 spiro atoms. The molecule has 0 saturated carbocycles. The fourth-order valence-corrected chi connectivity index (χ4v) is 1.80. The molecule has 0 heterocycles. The highest BCUT2D eigenvalue weighted by atomic mass is 16.6. The van der Waals surface area contributed by atoms with Gasteiger partial charge in [-0.15, -0.1) is 0 Å². The van der Waals surface area contributed by atoms with Gasteiger partial charge in [0, 0.05) is 26.4 Å². The molecule has 0 aliphatic rings. The van der Waals surface area contributed by atoms with Crippen LogP contribution in [-0.2, 0) is 18.9 Å². The molecule has 0 aliphatic carbocycles. The monoisotopic (exact) mass is 290 g/mol. The third-order valence-corrected chi connectivity index (χ3v) is 3.04. The van der Waals surface area contributed by atoms with E-state index in [0.29, 0.717) is 26.4 Å². The van der Waals surface area contributed by atoms with Crippen LogP contribution in [0.25, 0.3) is 0 Å². The number of unbranched alkanes of at least 4 members (excludes halogenated alkanes) is 2. The molecule has 0 N–H and O–H groups in total. The summed E-state index contributed by atoms with van der Waals surface area (Å²) in [7, 11) is 0. The molecule has 0 aromatic heterocycles. The van der Waals surface area contributed by atoms with Crippen LogP contribution >= 0.6 is 0 Å². The van der Waals surface area contributed by atoms with Gasteiger partial charge in [-0.3, -0.25) is 0 Å². The zero-order valence-electron chi connectivity index (χ0n) is 13.9. The number of ether oxygens (including phenoxy) is 4. The molecule has 0 aromatic carbocycles. The second-order valence-electron chi connectivity index (χ2n) is 4.84. The normalized spacial score (nSPS) is 14.4. The molecule has 2 unspecified atom stereocenters. The zero-order valence-corrected chi connectivity index (χ0v) is 13.9. The number of rotatable bonds is 15. The fourth-order valence-electron chi connectivity index (χ4n) is 1.80. The number of hydrogen-bond acceptors (Lipinski definition) is 4. The molecule has 0 rings (SSSR count). The minimum atomic E-state index is -0.0431. The van der Waals surface area contributed by atoms with Gasteiger partial charge in [0.15, 0.2) is 0 Å². The van der Waals surface area contributed by atoms with Crippen molar-refractivity contribution in [2.75, 3.05) is 39.6 Å². The Kier molecular flexibility index (Phi) is 15.1. The Morgan fingerprint density at radius 3 is 1.85 bits per heavy atom. The zero-order chi connectivity index (χ0) is 15.1. The van der Waals surface area contributed by atoms with Gasteiger partial charge in [-0.1, -0.05) is 26.7 Å². The predicted molar refractivity (Wildman–Crippen MR) is 82.3 cm³/mol. The molecule has 0 bridgehead atoms. The topological polar surface area (TPSA) is 36.9 Å². The Labute approximate surface area is 125 Å². The highest BCUT2D eigenvalue weighted by Crippen LogP contribution is 2.09. The fraction of sp³-hybridized carbons (Fsp3) is 1.00. The first-order valence-corrected chi connectivity index (χ1v) is 8.18. The van der Waals surface area contributed by atoms with E-state index in [1.807, 2.05) is 13.8 Å². The Morgan fingerprint density at radius 1 is 0.650 bits per heavy atom. The third kappa shape index (κ3) is 10.6. The highest BCUT2D eigenvalue weighted by Gasteiger charge is 2.23. The summed E-state index contributed by atoms with van der Waals surface area (Å²) in [5, 5.41) is 0. The first-order valence-electron chi connectivity index (χ1n) is 8.18. The van der Waals surface area contributed by atoms with Gasteiger partial charge in [0.2, 0.25) is 0 Å². The van der Waals surface area contributed by atoms with Crippen LogP contribution < -0.4 is 0 Å². The van der Waals surface area contributed by atoms with Crippen molar-refractivity contribution in [2.45, 2.75) is 65.6 Å². The van der Waals surface area contributed by atoms with E-state index in [9.17, 15) is 0 Å². The lowest BCUT2D eigenvalue weighted by atomic mass is 10.2. The van der Waals surface area contributed by atoms with Crippen LogP contribution in [0.4, 0.5) is 0 Å². The average Bonchev–Trinajstić information content (AvgIpc) is 2.46. The first kappa shape index (κ1) is 19.8. The van der Waals surface area contributed by atoms with E-state index in [0.717, 1.165) is 38.9 Å². The molecule has 0 aromatic rings. The lowest BCUT2D eigenvalue weighted by Crippen LogP contribution is -2.39. The van der Waals surface area contributed by atoms with E-state index in [4.69, 9.17) is 18.9 Å². The van der Waals surface area contributed by atoms with Crippen LogP contribution in [0.2, 0.25) is 0 Å². The third-order valence-electron chi connectivity index (χ3n) is 3.04.